The topological polar surface area (TPSA) is 44.5 Å². The SMILES string of the molecule is CC(F)=C1CCC2C3C(CC[C@]12C)[C@@]1(C)CC[C@@H](N)CC1[C@H]1OC(C)(C)O[C@H]31. The maximum Gasteiger partial charge on any atom is 0.163 e. The van der Waals surface area contributed by atoms with Crippen molar-refractivity contribution in [1.82, 2.24) is 0 Å². The number of ether oxygens (including phenoxy) is 2. The van der Waals surface area contributed by atoms with Crippen molar-refractivity contribution in [3.63, 3.8) is 0 Å². The maximum atomic E-state index is 14.4. The smallest absolute Gasteiger partial charge is 0.163 e. The Hall–Kier alpha value is -0.450. The highest BCUT2D eigenvalue weighted by atomic mass is 19.1. The van der Waals surface area contributed by atoms with E-state index in [1.54, 1.807) is 6.92 Å². The van der Waals surface area contributed by atoms with Crippen LogP contribution >= 0.6 is 0 Å². The van der Waals surface area contributed by atoms with Gasteiger partial charge in [0.15, 0.2) is 5.79 Å². The zero-order valence-corrected chi connectivity index (χ0v) is 18.3. The van der Waals surface area contributed by atoms with E-state index in [0.717, 1.165) is 37.7 Å². The second-order valence-corrected chi connectivity index (χ2v) is 11.5. The van der Waals surface area contributed by atoms with Gasteiger partial charge in [-0.3, -0.25) is 0 Å². The number of hydrogen-bond donors (Lipinski definition) is 1. The highest BCUT2D eigenvalue weighted by molar-refractivity contribution is 5.27. The molecule has 0 radical (unpaired) electrons. The summed E-state index contributed by atoms with van der Waals surface area (Å²) in [6.07, 6.45) is 7.95. The van der Waals surface area contributed by atoms with Crippen molar-refractivity contribution >= 4 is 0 Å². The van der Waals surface area contributed by atoms with Crippen molar-refractivity contribution in [3.8, 4) is 0 Å². The number of rotatable bonds is 0. The molecule has 5 rings (SSSR count). The van der Waals surface area contributed by atoms with E-state index in [2.05, 4.69) is 27.7 Å². The minimum atomic E-state index is -0.534. The molecular weight excluding hydrogens is 353 g/mol. The molecule has 1 heterocycles. The van der Waals surface area contributed by atoms with Crippen LogP contribution in [0.25, 0.3) is 0 Å². The van der Waals surface area contributed by atoms with Crippen molar-refractivity contribution in [2.24, 2.45) is 40.2 Å². The summed E-state index contributed by atoms with van der Waals surface area (Å²) < 4.78 is 27.6. The number of fused-ring (bicyclic) bond motifs is 8. The van der Waals surface area contributed by atoms with E-state index < -0.39 is 5.79 Å². The minimum Gasteiger partial charge on any atom is -0.344 e. The molecule has 4 heteroatoms. The minimum absolute atomic E-state index is 0.00505. The van der Waals surface area contributed by atoms with Crippen LogP contribution in [-0.2, 0) is 9.47 Å². The Morgan fingerprint density at radius 2 is 1.68 bits per heavy atom. The molecule has 0 aromatic heterocycles. The summed E-state index contributed by atoms with van der Waals surface area (Å²) in [6.45, 7) is 10.6. The first-order valence-electron chi connectivity index (χ1n) is 11.5. The van der Waals surface area contributed by atoms with Gasteiger partial charge in [0.2, 0.25) is 0 Å². The molecular formula is C24H38FNO2. The molecule has 4 unspecified atom stereocenters. The van der Waals surface area contributed by atoms with Crippen LogP contribution in [0.3, 0.4) is 0 Å². The number of halogens is 1. The monoisotopic (exact) mass is 391 g/mol. The van der Waals surface area contributed by atoms with Crippen molar-refractivity contribution in [3.05, 3.63) is 11.4 Å². The molecule has 4 saturated carbocycles. The predicted octanol–water partition coefficient (Wildman–Crippen LogP) is 5.34. The molecule has 0 amide bonds. The molecule has 1 aliphatic heterocycles. The molecule has 1 saturated heterocycles. The normalized spacial score (nSPS) is 56.5. The molecule has 3 nitrogen and oxygen atoms in total. The van der Waals surface area contributed by atoms with Crippen LogP contribution in [0, 0.1) is 34.5 Å². The Bertz CT molecular complexity index is 701. The van der Waals surface area contributed by atoms with E-state index in [4.69, 9.17) is 15.2 Å². The molecule has 158 valence electrons. The highest BCUT2D eigenvalue weighted by Crippen LogP contribution is 2.69. The Morgan fingerprint density at radius 3 is 2.39 bits per heavy atom. The highest BCUT2D eigenvalue weighted by Gasteiger charge is 2.67. The molecule has 5 aliphatic rings. The fraction of sp³-hybridized carbons (Fsp3) is 0.917. The third-order valence-electron chi connectivity index (χ3n) is 9.78. The third-order valence-corrected chi connectivity index (χ3v) is 9.78. The number of hydrogen-bond acceptors (Lipinski definition) is 3. The van der Waals surface area contributed by atoms with Crippen LogP contribution in [0.4, 0.5) is 4.39 Å². The van der Waals surface area contributed by atoms with E-state index in [0.29, 0.717) is 23.7 Å². The van der Waals surface area contributed by atoms with Gasteiger partial charge in [-0.2, -0.15) is 0 Å². The van der Waals surface area contributed by atoms with E-state index >= 15 is 0 Å². The van der Waals surface area contributed by atoms with Gasteiger partial charge in [0.1, 0.15) is 0 Å². The Labute approximate surface area is 169 Å². The van der Waals surface area contributed by atoms with E-state index in [-0.39, 0.29) is 34.9 Å². The van der Waals surface area contributed by atoms with Crippen molar-refractivity contribution in [2.45, 2.75) is 104 Å². The first kappa shape index (κ1) is 19.5. The fourth-order valence-electron chi connectivity index (χ4n) is 8.59. The molecule has 2 N–H and O–H groups in total. The van der Waals surface area contributed by atoms with Gasteiger partial charge in [0, 0.05) is 6.04 Å². The van der Waals surface area contributed by atoms with Crippen LogP contribution in [0.1, 0.15) is 79.6 Å². The lowest BCUT2D eigenvalue weighted by Crippen LogP contribution is -2.63. The number of allylic oxidation sites excluding steroid dienone is 2. The van der Waals surface area contributed by atoms with E-state index in [1.807, 2.05) is 0 Å². The zero-order valence-electron chi connectivity index (χ0n) is 18.3. The van der Waals surface area contributed by atoms with E-state index in [9.17, 15) is 4.39 Å². The van der Waals surface area contributed by atoms with Crippen molar-refractivity contribution in [1.29, 1.82) is 0 Å². The molecule has 0 aromatic rings. The number of nitrogens with two attached hydrogens (primary N) is 1. The quantitative estimate of drug-likeness (QED) is 0.606. The summed E-state index contributed by atoms with van der Waals surface area (Å²) in [5.41, 5.74) is 7.78. The van der Waals surface area contributed by atoms with Gasteiger partial charge >= 0.3 is 0 Å². The van der Waals surface area contributed by atoms with Gasteiger partial charge < -0.3 is 15.2 Å². The molecule has 5 fully saturated rings. The molecule has 0 aromatic carbocycles. The van der Waals surface area contributed by atoms with Crippen molar-refractivity contribution < 1.29 is 13.9 Å². The lowest BCUT2D eigenvalue weighted by molar-refractivity contribution is -0.173. The molecule has 9 atom stereocenters. The first-order valence-corrected chi connectivity index (χ1v) is 11.5. The second-order valence-electron chi connectivity index (χ2n) is 11.5. The Balaban J connectivity index is 1.59. The van der Waals surface area contributed by atoms with Crippen LogP contribution in [-0.4, -0.2) is 24.0 Å². The largest absolute Gasteiger partial charge is 0.344 e. The van der Waals surface area contributed by atoms with Gasteiger partial charge in [-0.1, -0.05) is 13.8 Å². The summed E-state index contributed by atoms with van der Waals surface area (Å²) in [7, 11) is 0. The van der Waals surface area contributed by atoms with Gasteiger partial charge in [-0.05, 0) is 106 Å². The Kier molecular flexibility index (Phi) is 4.21. The van der Waals surface area contributed by atoms with Gasteiger partial charge in [-0.15, -0.1) is 0 Å². The molecule has 0 spiro atoms. The maximum absolute atomic E-state index is 14.4. The summed E-state index contributed by atoms with van der Waals surface area (Å²) in [6, 6.07) is 0.284. The fourth-order valence-corrected chi connectivity index (χ4v) is 8.59. The average molecular weight is 392 g/mol. The average Bonchev–Trinajstić information content (AvgIpc) is 3.12. The van der Waals surface area contributed by atoms with Crippen LogP contribution in [0.5, 0.6) is 0 Å². The molecule has 28 heavy (non-hydrogen) atoms. The van der Waals surface area contributed by atoms with Gasteiger partial charge in [0.05, 0.1) is 18.0 Å². The standard InChI is InChI=1S/C24H38FNO2/c1-13(25)15-6-7-16-19-17(9-11-23(15,16)4)24(5)10-8-14(26)12-18(24)20-21(19)28-22(2,3)27-20/h14,16-21H,6-12,26H2,1-5H3/t14-,16?,17?,18?,19?,20-,21-,23-,24-/m1/s1. The summed E-state index contributed by atoms with van der Waals surface area (Å²) in [4.78, 5) is 0. The summed E-state index contributed by atoms with van der Waals surface area (Å²) in [5.74, 6) is 1.62. The molecule has 0 bridgehead atoms. The summed E-state index contributed by atoms with van der Waals surface area (Å²) >= 11 is 0. The summed E-state index contributed by atoms with van der Waals surface area (Å²) in [5, 5.41) is 0. The lowest BCUT2D eigenvalue weighted by atomic mass is 9.43. The zero-order chi connectivity index (χ0) is 20.1. The first-order chi connectivity index (χ1) is 13.1. The van der Waals surface area contributed by atoms with E-state index in [1.165, 1.54) is 12.8 Å². The van der Waals surface area contributed by atoms with Crippen LogP contribution in [0.15, 0.2) is 11.4 Å². The van der Waals surface area contributed by atoms with Crippen LogP contribution < -0.4 is 5.73 Å². The van der Waals surface area contributed by atoms with Gasteiger partial charge in [0.25, 0.3) is 0 Å². The third kappa shape index (κ3) is 2.50. The van der Waals surface area contributed by atoms with Crippen LogP contribution in [0.2, 0.25) is 0 Å². The van der Waals surface area contributed by atoms with Gasteiger partial charge in [-0.25, -0.2) is 4.39 Å². The second kappa shape index (κ2) is 6.04. The molecule has 4 aliphatic carbocycles. The van der Waals surface area contributed by atoms with Crippen molar-refractivity contribution in [2.75, 3.05) is 0 Å². The lowest BCUT2D eigenvalue weighted by Gasteiger charge is -2.63. The Morgan fingerprint density at radius 1 is 0.964 bits per heavy atom. The predicted molar refractivity (Wildman–Crippen MR) is 108 cm³/mol.